The molecule has 3 heterocycles. The van der Waals surface area contributed by atoms with E-state index in [1.165, 1.54) is 0 Å². The Morgan fingerprint density at radius 2 is 1.46 bits per heavy atom. The van der Waals surface area contributed by atoms with Gasteiger partial charge in [0.25, 0.3) is 0 Å². The van der Waals surface area contributed by atoms with Crippen molar-refractivity contribution in [2.45, 2.75) is 25.0 Å². The summed E-state index contributed by atoms with van der Waals surface area (Å²) < 4.78 is 10.0. The Balaban J connectivity index is 0.000000653. The first-order valence-corrected chi connectivity index (χ1v) is 4.18. The molecule has 13 heavy (non-hydrogen) atoms. The summed E-state index contributed by atoms with van der Waals surface area (Å²) in [5.41, 5.74) is 0. The second-order valence-corrected chi connectivity index (χ2v) is 3.58. The summed E-state index contributed by atoms with van der Waals surface area (Å²) >= 11 is 0. The van der Waals surface area contributed by atoms with E-state index in [0.29, 0.717) is 0 Å². The van der Waals surface area contributed by atoms with E-state index >= 15 is 0 Å². The number of fused-ring (bicyclic) bond motifs is 5. The number of hydrogen-bond acceptors (Lipinski definition) is 4. The van der Waals surface area contributed by atoms with Crippen LogP contribution in [0.3, 0.4) is 0 Å². The van der Waals surface area contributed by atoms with Gasteiger partial charge >= 0.3 is 41.5 Å². The van der Waals surface area contributed by atoms with Crippen LogP contribution in [0, 0.1) is 11.8 Å². The Labute approximate surface area is 97.2 Å². The van der Waals surface area contributed by atoms with Gasteiger partial charge in [-0.3, -0.25) is 9.59 Å². The number of esters is 2. The molecule has 4 atom stereocenters. The molecule has 2 bridgehead atoms. The molecule has 0 aromatic carbocycles. The Hall–Kier alpha value is 0.1000. The fraction of sp³-hybridized carbons (Fsp3) is 0.750. The minimum atomic E-state index is -0.378. The summed E-state index contributed by atoms with van der Waals surface area (Å²) in [6, 6.07) is 0. The Kier molecular flexibility index (Phi) is 2.27. The van der Waals surface area contributed by atoms with E-state index in [2.05, 4.69) is 4.74 Å². The first kappa shape index (κ1) is 9.65. The quantitative estimate of drug-likeness (QED) is 0.231. The third kappa shape index (κ3) is 1.13. The monoisotopic (exact) mass is 191 g/mol. The van der Waals surface area contributed by atoms with Gasteiger partial charge < -0.3 is 9.47 Å². The normalized spacial score (nSPS) is 45.8. The SMILES string of the molecule is O=C1OC(=O)C2C3CCC(O3)C12.[Na+]. The maximum Gasteiger partial charge on any atom is 1.00 e. The van der Waals surface area contributed by atoms with Crippen LogP contribution < -0.4 is 29.6 Å². The summed E-state index contributed by atoms with van der Waals surface area (Å²) in [4.78, 5) is 22.3. The van der Waals surface area contributed by atoms with Crippen molar-refractivity contribution in [1.29, 1.82) is 0 Å². The summed E-state index contributed by atoms with van der Waals surface area (Å²) in [7, 11) is 0. The van der Waals surface area contributed by atoms with E-state index in [0.717, 1.165) is 12.8 Å². The van der Waals surface area contributed by atoms with Crippen molar-refractivity contribution < 1.29 is 48.6 Å². The number of carbonyl (C=O) groups excluding carboxylic acids is 2. The van der Waals surface area contributed by atoms with E-state index < -0.39 is 0 Å². The molecule has 4 nitrogen and oxygen atoms in total. The molecule has 3 rings (SSSR count). The van der Waals surface area contributed by atoms with Crippen molar-refractivity contribution in [3.05, 3.63) is 0 Å². The summed E-state index contributed by atoms with van der Waals surface area (Å²) in [6.07, 6.45) is 1.71. The van der Waals surface area contributed by atoms with Crippen molar-refractivity contribution in [3.63, 3.8) is 0 Å². The van der Waals surface area contributed by atoms with Crippen LogP contribution in [-0.2, 0) is 19.1 Å². The largest absolute Gasteiger partial charge is 1.00 e. The maximum absolute atomic E-state index is 11.1. The number of cyclic esters (lactones) is 2. The molecule has 64 valence electrons. The van der Waals surface area contributed by atoms with Crippen molar-refractivity contribution in [2.24, 2.45) is 11.8 Å². The van der Waals surface area contributed by atoms with E-state index in [9.17, 15) is 9.59 Å². The second kappa shape index (κ2) is 3.05. The smallest absolute Gasteiger partial charge is 0.393 e. The van der Waals surface area contributed by atoms with Gasteiger partial charge in [0.05, 0.1) is 24.0 Å². The predicted molar refractivity (Wildman–Crippen MR) is 36.0 cm³/mol. The van der Waals surface area contributed by atoms with E-state index in [1.807, 2.05) is 0 Å². The van der Waals surface area contributed by atoms with Crippen LogP contribution in [0.5, 0.6) is 0 Å². The molecule has 0 saturated carbocycles. The van der Waals surface area contributed by atoms with Crippen molar-refractivity contribution in [2.75, 3.05) is 0 Å². The first-order valence-electron chi connectivity index (χ1n) is 4.18. The minimum Gasteiger partial charge on any atom is -0.393 e. The molecule has 3 saturated heterocycles. The van der Waals surface area contributed by atoms with Crippen LogP contribution >= 0.6 is 0 Å². The molecule has 0 radical (unpaired) electrons. The molecule has 5 heteroatoms. The van der Waals surface area contributed by atoms with Gasteiger partial charge in [0, 0.05) is 0 Å². The van der Waals surface area contributed by atoms with E-state index in [-0.39, 0.29) is 65.5 Å². The van der Waals surface area contributed by atoms with E-state index in [4.69, 9.17) is 4.74 Å². The predicted octanol–water partition coefficient (Wildman–Crippen LogP) is -3.13. The summed E-state index contributed by atoms with van der Waals surface area (Å²) in [6.45, 7) is 0. The van der Waals surface area contributed by atoms with Gasteiger partial charge in [0.1, 0.15) is 0 Å². The molecule has 3 fully saturated rings. The Morgan fingerprint density at radius 3 is 1.92 bits per heavy atom. The van der Waals surface area contributed by atoms with Gasteiger partial charge in [0.2, 0.25) is 0 Å². The molecular formula is C8H8NaO4+. The Bertz CT molecular complexity index is 251. The van der Waals surface area contributed by atoms with Crippen molar-refractivity contribution in [3.8, 4) is 0 Å². The molecule has 3 aliphatic heterocycles. The molecule has 4 unspecified atom stereocenters. The van der Waals surface area contributed by atoms with Crippen LogP contribution in [0.25, 0.3) is 0 Å². The number of hydrogen-bond donors (Lipinski definition) is 0. The second-order valence-electron chi connectivity index (χ2n) is 3.58. The number of ether oxygens (including phenoxy) is 2. The van der Waals surface area contributed by atoms with Crippen LogP contribution in [0.15, 0.2) is 0 Å². The molecule has 3 aliphatic rings. The zero-order valence-corrected chi connectivity index (χ0v) is 9.36. The molecule has 0 N–H and O–H groups in total. The number of carbonyl (C=O) groups is 2. The van der Waals surface area contributed by atoms with Gasteiger partial charge in [-0.05, 0) is 12.8 Å². The van der Waals surface area contributed by atoms with E-state index in [1.54, 1.807) is 0 Å². The van der Waals surface area contributed by atoms with Gasteiger partial charge in [-0.25, -0.2) is 0 Å². The fourth-order valence-electron chi connectivity index (χ4n) is 2.51. The van der Waals surface area contributed by atoms with Crippen molar-refractivity contribution in [1.82, 2.24) is 0 Å². The first-order chi connectivity index (χ1) is 5.77. The molecular weight excluding hydrogens is 183 g/mol. The van der Waals surface area contributed by atoms with Crippen LogP contribution in [-0.4, -0.2) is 24.1 Å². The zero-order chi connectivity index (χ0) is 8.29. The third-order valence-corrected chi connectivity index (χ3v) is 3.02. The van der Waals surface area contributed by atoms with Crippen LogP contribution in [0.4, 0.5) is 0 Å². The average Bonchev–Trinajstić information content (AvgIpc) is 2.64. The Morgan fingerprint density at radius 1 is 1.00 bits per heavy atom. The number of rotatable bonds is 0. The molecule has 0 aromatic heterocycles. The summed E-state index contributed by atoms with van der Waals surface area (Å²) in [5.74, 6) is -1.32. The molecule has 0 aliphatic carbocycles. The molecule has 0 amide bonds. The van der Waals surface area contributed by atoms with Gasteiger partial charge in [0.15, 0.2) is 0 Å². The standard InChI is InChI=1S/C8H8O4.Na/c9-7-5-3-1-2-4(11-3)6(5)8(10)12-7;/h3-6H,1-2H2;/q;+1. The van der Waals surface area contributed by atoms with Gasteiger partial charge in [-0.2, -0.15) is 0 Å². The van der Waals surface area contributed by atoms with Gasteiger partial charge in [-0.15, -0.1) is 0 Å². The maximum atomic E-state index is 11.1. The topological polar surface area (TPSA) is 52.6 Å². The third-order valence-electron chi connectivity index (χ3n) is 3.02. The minimum absolute atomic E-state index is 0. The van der Waals surface area contributed by atoms with Crippen molar-refractivity contribution >= 4 is 11.9 Å². The van der Waals surface area contributed by atoms with Gasteiger partial charge in [-0.1, -0.05) is 0 Å². The summed E-state index contributed by atoms with van der Waals surface area (Å²) in [5, 5.41) is 0. The average molecular weight is 191 g/mol. The zero-order valence-electron chi connectivity index (χ0n) is 7.36. The molecule has 0 spiro atoms. The fourth-order valence-corrected chi connectivity index (χ4v) is 2.51. The van der Waals surface area contributed by atoms with Crippen LogP contribution in [0.1, 0.15) is 12.8 Å². The van der Waals surface area contributed by atoms with Crippen LogP contribution in [0.2, 0.25) is 0 Å². The molecule has 0 aromatic rings.